The quantitative estimate of drug-likeness (QED) is 0.828. The molecule has 22 heavy (non-hydrogen) atoms. The number of ketones is 1. The normalized spacial score (nSPS) is 13.0. The summed E-state index contributed by atoms with van der Waals surface area (Å²) in [6, 6.07) is 3.15. The van der Waals surface area contributed by atoms with Gasteiger partial charge in [0.05, 0.1) is 23.8 Å². The van der Waals surface area contributed by atoms with Crippen LogP contribution in [0.1, 0.15) is 40.4 Å². The van der Waals surface area contributed by atoms with E-state index in [-0.39, 0.29) is 11.7 Å². The standard InChI is InChI=1S/C16H25NO4S/c1-11(2)14(17-15(19)21-16(3,4)5)13(18)10-22-9-12-7-6-8-20-12/h6-8,11,14H,9-10H2,1-5H3,(H,17,19)/t14-/m0/s1. The Bertz CT molecular complexity index is 477. The van der Waals surface area contributed by atoms with E-state index in [0.717, 1.165) is 5.76 Å². The second-order valence-electron chi connectivity index (χ2n) is 6.41. The predicted octanol–water partition coefficient (Wildman–Crippen LogP) is 3.63. The number of carbonyl (C=O) groups is 2. The fourth-order valence-corrected chi connectivity index (χ4v) is 2.64. The molecule has 1 N–H and O–H groups in total. The van der Waals surface area contributed by atoms with Crippen molar-refractivity contribution in [2.75, 3.05) is 5.75 Å². The number of rotatable bonds is 7. The van der Waals surface area contributed by atoms with Gasteiger partial charge in [0.1, 0.15) is 11.4 Å². The lowest BCUT2D eigenvalue weighted by Crippen LogP contribution is -2.47. The molecule has 5 nitrogen and oxygen atoms in total. The van der Waals surface area contributed by atoms with Crippen molar-refractivity contribution in [1.82, 2.24) is 5.32 Å². The molecule has 1 aromatic heterocycles. The molecular weight excluding hydrogens is 302 g/mol. The number of carbonyl (C=O) groups excluding carboxylic acids is 2. The SMILES string of the molecule is CC(C)[C@H](NC(=O)OC(C)(C)C)C(=O)CSCc1ccco1. The van der Waals surface area contributed by atoms with E-state index in [4.69, 9.17) is 9.15 Å². The van der Waals surface area contributed by atoms with Gasteiger partial charge in [-0.25, -0.2) is 4.79 Å². The van der Waals surface area contributed by atoms with Gasteiger partial charge in [0.25, 0.3) is 0 Å². The maximum Gasteiger partial charge on any atom is 0.408 e. The third kappa shape index (κ3) is 7.02. The van der Waals surface area contributed by atoms with Crippen LogP contribution in [0.5, 0.6) is 0 Å². The summed E-state index contributed by atoms with van der Waals surface area (Å²) in [6.45, 7) is 9.17. The van der Waals surface area contributed by atoms with Crippen molar-refractivity contribution in [2.24, 2.45) is 5.92 Å². The Morgan fingerprint density at radius 3 is 2.55 bits per heavy atom. The lowest BCUT2D eigenvalue weighted by molar-refractivity contribution is -0.119. The van der Waals surface area contributed by atoms with Crippen LogP contribution < -0.4 is 5.32 Å². The molecular formula is C16H25NO4S. The van der Waals surface area contributed by atoms with E-state index >= 15 is 0 Å². The van der Waals surface area contributed by atoms with Gasteiger partial charge in [-0.2, -0.15) is 0 Å². The molecule has 0 radical (unpaired) electrons. The smallest absolute Gasteiger partial charge is 0.408 e. The van der Waals surface area contributed by atoms with Gasteiger partial charge in [-0.05, 0) is 38.8 Å². The number of amides is 1. The number of hydrogen-bond donors (Lipinski definition) is 1. The summed E-state index contributed by atoms with van der Waals surface area (Å²) in [6.07, 6.45) is 1.05. The van der Waals surface area contributed by atoms with E-state index in [1.54, 1.807) is 27.0 Å². The molecule has 1 amide bonds. The Balaban J connectivity index is 2.47. The van der Waals surface area contributed by atoms with Gasteiger partial charge in [-0.1, -0.05) is 13.8 Å². The molecule has 0 aromatic carbocycles. The fraction of sp³-hybridized carbons (Fsp3) is 0.625. The highest BCUT2D eigenvalue weighted by molar-refractivity contribution is 7.99. The third-order valence-corrected chi connectivity index (χ3v) is 3.73. The van der Waals surface area contributed by atoms with E-state index in [1.165, 1.54) is 11.8 Å². The lowest BCUT2D eigenvalue weighted by atomic mass is 10.0. The van der Waals surface area contributed by atoms with Crippen molar-refractivity contribution >= 4 is 23.6 Å². The first-order chi connectivity index (χ1) is 10.2. The summed E-state index contributed by atoms with van der Waals surface area (Å²) in [5.41, 5.74) is -0.581. The van der Waals surface area contributed by atoms with E-state index in [9.17, 15) is 9.59 Å². The van der Waals surface area contributed by atoms with Gasteiger partial charge in [-0.3, -0.25) is 4.79 Å². The summed E-state index contributed by atoms with van der Waals surface area (Å²) in [5, 5.41) is 2.67. The van der Waals surface area contributed by atoms with Crippen molar-refractivity contribution in [3.63, 3.8) is 0 Å². The topological polar surface area (TPSA) is 68.5 Å². The van der Waals surface area contributed by atoms with Gasteiger partial charge in [-0.15, -0.1) is 11.8 Å². The van der Waals surface area contributed by atoms with Crippen LogP contribution >= 0.6 is 11.8 Å². The molecule has 1 aromatic rings. The molecule has 0 unspecified atom stereocenters. The van der Waals surface area contributed by atoms with E-state index in [2.05, 4.69) is 5.32 Å². The molecule has 124 valence electrons. The highest BCUT2D eigenvalue weighted by Gasteiger charge is 2.26. The maximum atomic E-state index is 12.3. The Hall–Kier alpha value is -1.43. The van der Waals surface area contributed by atoms with Crippen molar-refractivity contribution in [3.05, 3.63) is 24.2 Å². The van der Waals surface area contributed by atoms with Crippen LogP contribution in [0.4, 0.5) is 4.79 Å². The summed E-state index contributed by atoms with van der Waals surface area (Å²) in [5.74, 6) is 1.77. The number of hydrogen-bond acceptors (Lipinski definition) is 5. The van der Waals surface area contributed by atoms with Crippen LogP contribution in [0.25, 0.3) is 0 Å². The zero-order valence-corrected chi connectivity index (χ0v) is 14.7. The molecule has 6 heteroatoms. The first-order valence-corrected chi connectivity index (χ1v) is 8.47. The summed E-state index contributed by atoms with van der Waals surface area (Å²) >= 11 is 1.47. The highest BCUT2D eigenvalue weighted by atomic mass is 32.2. The monoisotopic (exact) mass is 327 g/mol. The molecule has 0 aliphatic carbocycles. The van der Waals surface area contributed by atoms with Crippen LogP contribution in [0.2, 0.25) is 0 Å². The van der Waals surface area contributed by atoms with E-state index < -0.39 is 17.7 Å². The summed E-state index contributed by atoms with van der Waals surface area (Å²) in [4.78, 5) is 24.1. The molecule has 0 saturated heterocycles. The van der Waals surface area contributed by atoms with Gasteiger partial charge in [0, 0.05) is 0 Å². The number of Topliss-reactive ketones (excluding diaryl/α,β-unsaturated/α-hetero) is 1. The third-order valence-electron chi connectivity index (χ3n) is 2.75. The number of thioether (sulfide) groups is 1. The average molecular weight is 327 g/mol. The largest absolute Gasteiger partial charge is 0.468 e. The molecule has 0 saturated carbocycles. The van der Waals surface area contributed by atoms with Crippen LogP contribution in [0, 0.1) is 5.92 Å². The first-order valence-electron chi connectivity index (χ1n) is 7.31. The lowest BCUT2D eigenvalue weighted by Gasteiger charge is -2.24. The Kier molecular flexibility index (Phi) is 7.00. The van der Waals surface area contributed by atoms with Crippen molar-refractivity contribution in [2.45, 2.75) is 52.0 Å². The molecule has 1 atom stereocenters. The minimum absolute atomic E-state index is 0.00392. The molecule has 0 spiro atoms. The van der Waals surface area contributed by atoms with Crippen molar-refractivity contribution in [1.29, 1.82) is 0 Å². The van der Waals surface area contributed by atoms with Gasteiger partial charge in [0.2, 0.25) is 0 Å². The maximum absolute atomic E-state index is 12.3. The molecule has 1 heterocycles. The molecule has 0 aliphatic rings. The molecule has 0 bridgehead atoms. The van der Waals surface area contributed by atoms with Crippen LogP contribution in [0.15, 0.2) is 22.8 Å². The fourth-order valence-electron chi connectivity index (χ4n) is 1.79. The number of alkyl carbamates (subject to hydrolysis) is 1. The molecule has 0 aliphatic heterocycles. The first kappa shape index (κ1) is 18.6. The zero-order valence-electron chi connectivity index (χ0n) is 13.8. The summed E-state index contributed by atoms with van der Waals surface area (Å²) < 4.78 is 10.4. The summed E-state index contributed by atoms with van der Waals surface area (Å²) in [7, 11) is 0. The minimum Gasteiger partial charge on any atom is -0.468 e. The Labute approximate surface area is 136 Å². The van der Waals surface area contributed by atoms with Crippen LogP contribution in [-0.4, -0.2) is 29.3 Å². The predicted molar refractivity (Wildman–Crippen MR) is 87.9 cm³/mol. The van der Waals surface area contributed by atoms with Crippen molar-refractivity contribution in [3.8, 4) is 0 Å². The highest BCUT2D eigenvalue weighted by Crippen LogP contribution is 2.15. The van der Waals surface area contributed by atoms with E-state index in [1.807, 2.05) is 26.0 Å². The minimum atomic E-state index is -0.581. The van der Waals surface area contributed by atoms with Crippen molar-refractivity contribution < 1.29 is 18.7 Å². The second kappa shape index (κ2) is 8.27. The Morgan fingerprint density at radius 2 is 2.05 bits per heavy atom. The van der Waals surface area contributed by atoms with Crippen LogP contribution in [0.3, 0.4) is 0 Å². The Morgan fingerprint density at radius 1 is 1.36 bits per heavy atom. The number of ether oxygens (including phenoxy) is 1. The van der Waals surface area contributed by atoms with Crippen LogP contribution in [-0.2, 0) is 15.3 Å². The van der Waals surface area contributed by atoms with Gasteiger partial charge < -0.3 is 14.5 Å². The zero-order chi connectivity index (χ0) is 16.8. The van der Waals surface area contributed by atoms with E-state index in [0.29, 0.717) is 11.5 Å². The second-order valence-corrected chi connectivity index (χ2v) is 7.39. The number of nitrogens with one attached hydrogen (secondary N) is 1. The molecule has 0 fully saturated rings. The number of furan rings is 1. The average Bonchev–Trinajstić information content (AvgIpc) is 2.86. The van der Waals surface area contributed by atoms with Gasteiger partial charge in [0.15, 0.2) is 5.78 Å². The molecule has 1 rings (SSSR count). The van der Waals surface area contributed by atoms with Gasteiger partial charge >= 0.3 is 6.09 Å².